The van der Waals surface area contributed by atoms with Crippen LogP contribution in [-0.4, -0.2) is 15.3 Å². The number of hydrogen-bond acceptors (Lipinski definition) is 3. The number of nitrogens with zero attached hydrogens (tertiary/aromatic N) is 3. The van der Waals surface area contributed by atoms with Gasteiger partial charge in [0.2, 0.25) is 0 Å². The predicted octanol–water partition coefficient (Wildman–Crippen LogP) is 1.14. The fourth-order valence-electron chi connectivity index (χ4n) is 1.75. The van der Waals surface area contributed by atoms with Crippen LogP contribution in [0.4, 0.5) is 5.69 Å². The number of aromatic nitrogens is 2. The van der Waals surface area contributed by atoms with Crippen molar-refractivity contribution in [1.29, 1.82) is 0 Å². The molecule has 0 aliphatic heterocycles. The maximum Gasteiger partial charge on any atom is 0.330 e. The van der Waals surface area contributed by atoms with E-state index in [-0.39, 0.29) is 16.9 Å². The van der Waals surface area contributed by atoms with Gasteiger partial charge in [-0.05, 0) is 12.5 Å². The van der Waals surface area contributed by atoms with Crippen molar-refractivity contribution in [2.75, 3.05) is 0 Å². The highest BCUT2D eigenvalue weighted by Gasteiger charge is 2.10. The van der Waals surface area contributed by atoms with Gasteiger partial charge in [-0.25, -0.2) is 9.79 Å². The van der Waals surface area contributed by atoms with Gasteiger partial charge >= 0.3 is 5.69 Å². The minimum Gasteiger partial charge on any atom is -0.299 e. The second-order valence-corrected chi connectivity index (χ2v) is 4.31. The van der Waals surface area contributed by atoms with E-state index in [1.165, 1.54) is 11.6 Å². The molecular weight excluding hydrogens is 242 g/mol. The zero-order valence-electron chi connectivity index (χ0n) is 11.1. The summed E-state index contributed by atoms with van der Waals surface area (Å²) in [6.07, 6.45) is 1.62. The highest BCUT2D eigenvalue weighted by Crippen LogP contribution is 2.09. The van der Waals surface area contributed by atoms with Gasteiger partial charge in [0.15, 0.2) is 0 Å². The fourth-order valence-corrected chi connectivity index (χ4v) is 1.75. The molecule has 0 aliphatic rings. The molecule has 0 radical (unpaired) electrons. The molecule has 5 heteroatoms. The zero-order chi connectivity index (χ0) is 14.0. The molecule has 98 valence electrons. The summed E-state index contributed by atoms with van der Waals surface area (Å²) in [5, 5.41) is 0. The van der Waals surface area contributed by atoms with E-state index < -0.39 is 0 Å². The van der Waals surface area contributed by atoms with E-state index in [0.29, 0.717) is 5.69 Å². The van der Waals surface area contributed by atoms with Gasteiger partial charge in [-0.2, -0.15) is 0 Å². The van der Waals surface area contributed by atoms with Crippen molar-refractivity contribution in [2.45, 2.75) is 6.92 Å². The molecular formula is C14H15N3O2. The van der Waals surface area contributed by atoms with E-state index in [9.17, 15) is 9.59 Å². The molecule has 0 saturated carbocycles. The van der Waals surface area contributed by atoms with Crippen LogP contribution in [0.15, 0.2) is 44.9 Å². The second kappa shape index (κ2) is 5.06. The summed E-state index contributed by atoms with van der Waals surface area (Å²) in [6, 6.07) is 9.49. The van der Waals surface area contributed by atoms with E-state index in [0.717, 1.165) is 10.1 Å². The fraction of sp³-hybridized carbons (Fsp3) is 0.214. The third kappa shape index (κ3) is 2.40. The largest absolute Gasteiger partial charge is 0.330 e. The van der Waals surface area contributed by atoms with Crippen molar-refractivity contribution in [3.05, 3.63) is 62.4 Å². The van der Waals surface area contributed by atoms with Crippen LogP contribution in [0.5, 0.6) is 0 Å². The van der Waals surface area contributed by atoms with Gasteiger partial charge in [0.1, 0.15) is 5.69 Å². The number of hydrogen-bond donors (Lipinski definition) is 0. The summed E-state index contributed by atoms with van der Waals surface area (Å²) in [5.74, 6) is 0. The average molecular weight is 257 g/mol. The number of benzene rings is 1. The van der Waals surface area contributed by atoms with Crippen molar-refractivity contribution in [3.8, 4) is 0 Å². The van der Waals surface area contributed by atoms with Gasteiger partial charge in [-0.15, -0.1) is 0 Å². The van der Waals surface area contributed by atoms with Crippen molar-refractivity contribution < 1.29 is 0 Å². The minimum atomic E-state index is -0.382. The maximum absolute atomic E-state index is 12.0. The summed E-state index contributed by atoms with van der Waals surface area (Å²) in [6.45, 7) is 1.71. The summed E-state index contributed by atoms with van der Waals surface area (Å²) < 4.78 is 2.48. The summed E-state index contributed by atoms with van der Waals surface area (Å²) >= 11 is 0. The SMILES string of the molecule is Cc1c(N=Cc2ccccc2)c(=O)n(C)c(=O)n1C. The van der Waals surface area contributed by atoms with E-state index in [4.69, 9.17) is 0 Å². The van der Waals surface area contributed by atoms with Gasteiger partial charge < -0.3 is 0 Å². The van der Waals surface area contributed by atoms with Crippen LogP contribution in [-0.2, 0) is 14.1 Å². The Morgan fingerprint density at radius 1 is 1.05 bits per heavy atom. The zero-order valence-corrected chi connectivity index (χ0v) is 11.1. The van der Waals surface area contributed by atoms with Crippen LogP contribution in [0.3, 0.4) is 0 Å². The maximum atomic E-state index is 12.0. The minimum absolute atomic E-state index is 0.286. The van der Waals surface area contributed by atoms with Gasteiger partial charge in [-0.1, -0.05) is 30.3 Å². The van der Waals surface area contributed by atoms with Crippen LogP contribution >= 0.6 is 0 Å². The Labute approximate surface area is 110 Å². The highest BCUT2D eigenvalue weighted by molar-refractivity contribution is 5.81. The lowest BCUT2D eigenvalue weighted by atomic mass is 10.2. The average Bonchev–Trinajstić information content (AvgIpc) is 2.44. The van der Waals surface area contributed by atoms with Crippen molar-refractivity contribution in [1.82, 2.24) is 9.13 Å². The van der Waals surface area contributed by atoms with Gasteiger partial charge in [0.05, 0.1) is 5.69 Å². The molecule has 0 atom stereocenters. The molecule has 2 aromatic rings. The Kier molecular flexibility index (Phi) is 3.46. The summed E-state index contributed by atoms with van der Waals surface area (Å²) in [5.41, 5.74) is 1.01. The molecule has 2 rings (SSSR count). The van der Waals surface area contributed by atoms with E-state index in [1.807, 2.05) is 30.3 Å². The first kappa shape index (κ1) is 13.0. The normalized spacial score (nSPS) is 11.1. The number of aliphatic imine (C=N–C) groups is 1. The highest BCUT2D eigenvalue weighted by atomic mass is 16.2. The topological polar surface area (TPSA) is 56.4 Å². The lowest BCUT2D eigenvalue weighted by molar-refractivity contribution is 0.669. The van der Waals surface area contributed by atoms with Crippen molar-refractivity contribution >= 4 is 11.9 Å². The van der Waals surface area contributed by atoms with E-state index >= 15 is 0 Å². The molecule has 0 fully saturated rings. The Hall–Kier alpha value is -2.43. The van der Waals surface area contributed by atoms with Crippen LogP contribution in [0.2, 0.25) is 0 Å². The number of rotatable bonds is 2. The van der Waals surface area contributed by atoms with Crippen LogP contribution in [0.1, 0.15) is 11.3 Å². The molecule has 1 aromatic heterocycles. The molecule has 0 bridgehead atoms. The molecule has 19 heavy (non-hydrogen) atoms. The third-order valence-corrected chi connectivity index (χ3v) is 3.07. The Balaban J connectivity index is 2.56. The molecule has 0 saturated heterocycles. The second-order valence-electron chi connectivity index (χ2n) is 4.31. The molecule has 0 unspecified atom stereocenters. The van der Waals surface area contributed by atoms with Gasteiger partial charge in [0, 0.05) is 20.3 Å². The first-order valence-corrected chi connectivity index (χ1v) is 5.88. The quantitative estimate of drug-likeness (QED) is 0.758. The van der Waals surface area contributed by atoms with E-state index in [2.05, 4.69) is 4.99 Å². The molecule has 1 heterocycles. The van der Waals surface area contributed by atoms with Crippen LogP contribution < -0.4 is 11.2 Å². The Morgan fingerprint density at radius 3 is 2.32 bits per heavy atom. The van der Waals surface area contributed by atoms with Crippen molar-refractivity contribution in [2.24, 2.45) is 19.1 Å². The van der Waals surface area contributed by atoms with Gasteiger partial charge in [0.25, 0.3) is 5.56 Å². The standard InChI is InChI=1S/C14H15N3O2/c1-10-12(13(18)17(3)14(19)16(10)2)15-9-11-7-5-4-6-8-11/h4-9H,1-3H3. The Bertz CT molecular complexity index is 740. The monoisotopic (exact) mass is 257 g/mol. The molecule has 0 N–H and O–H groups in total. The molecule has 0 amide bonds. The van der Waals surface area contributed by atoms with Crippen LogP contribution in [0.25, 0.3) is 0 Å². The molecule has 0 aliphatic carbocycles. The molecule has 1 aromatic carbocycles. The van der Waals surface area contributed by atoms with Crippen molar-refractivity contribution in [3.63, 3.8) is 0 Å². The summed E-state index contributed by atoms with van der Waals surface area (Å²) in [4.78, 5) is 28.0. The third-order valence-electron chi connectivity index (χ3n) is 3.07. The lowest BCUT2D eigenvalue weighted by Crippen LogP contribution is -2.37. The van der Waals surface area contributed by atoms with E-state index in [1.54, 1.807) is 20.2 Å². The predicted molar refractivity (Wildman–Crippen MR) is 75.4 cm³/mol. The first-order chi connectivity index (χ1) is 9.02. The lowest BCUT2D eigenvalue weighted by Gasteiger charge is -2.08. The van der Waals surface area contributed by atoms with Crippen LogP contribution in [0, 0.1) is 6.92 Å². The molecule has 5 nitrogen and oxygen atoms in total. The summed E-state index contributed by atoms with van der Waals surface area (Å²) in [7, 11) is 3.07. The smallest absolute Gasteiger partial charge is 0.299 e. The first-order valence-electron chi connectivity index (χ1n) is 5.88. The Morgan fingerprint density at radius 2 is 1.68 bits per heavy atom. The molecule has 0 spiro atoms. The van der Waals surface area contributed by atoms with Gasteiger partial charge in [-0.3, -0.25) is 13.9 Å².